The highest BCUT2D eigenvalue weighted by atomic mass is 16.3. The molecule has 1 aromatic carbocycles. The standard InChI is InChI=1S/C16H20N2O2/c1-16(11-19,13-6-7-13)17-15(20)10-18-9-8-12-4-2-3-5-14(12)18/h2-5,8-9,13,19H,6-7,10-11H2,1H3,(H,17,20). The fourth-order valence-corrected chi connectivity index (χ4v) is 2.78. The van der Waals surface area contributed by atoms with Gasteiger partial charge in [-0.1, -0.05) is 18.2 Å². The molecule has 0 spiro atoms. The van der Waals surface area contributed by atoms with E-state index in [1.54, 1.807) is 0 Å². The second-order valence-electron chi connectivity index (χ2n) is 5.90. The fraction of sp³-hybridized carbons (Fsp3) is 0.438. The monoisotopic (exact) mass is 272 g/mol. The van der Waals surface area contributed by atoms with Gasteiger partial charge in [0.1, 0.15) is 6.54 Å². The van der Waals surface area contributed by atoms with Gasteiger partial charge in [-0.2, -0.15) is 0 Å². The van der Waals surface area contributed by atoms with Gasteiger partial charge in [0.15, 0.2) is 0 Å². The number of benzene rings is 1. The molecule has 1 fully saturated rings. The quantitative estimate of drug-likeness (QED) is 0.873. The first-order valence-electron chi connectivity index (χ1n) is 7.08. The highest BCUT2D eigenvalue weighted by molar-refractivity contribution is 5.83. The van der Waals surface area contributed by atoms with Crippen LogP contribution in [-0.4, -0.2) is 27.7 Å². The normalized spacial score (nSPS) is 17.9. The lowest BCUT2D eigenvalue weighted by Crippen LogP contribution is -2.51. The highest BCUT2D eigenvalue weighted by Crippen LogP contribution is 2.39. The summed E-state index contributed by atoms with van der Waals surface area (Å²) < 4.78 is 1.94. The first-order chi connectivity index (χ1) is 9.62. The van der Waals surface area contributed by atoms with E-state index >= 15 is 0 Å². The average Bonchev–Trinajstić information content (AvgIpc) is 3.23. The number of hydrogen-bond acceptors (Lipinski definition) is 2. The van der Waals surface area contributed by atoms with Gasteiger partial charge >= 0.3 is 0 Å². The molecule has 1 amide bonds. The van der Waals surface area contributed by atoms with Crippen molar-refractivity contribution in [3.05, 3.63) is 36.5 Å². The zero-order chi connectivity index (χ0) is 14.2. The van der Waals surface area contributed by atoms with Gasteiger partial charge in [0.2, 0.25) is 5.91 Å². The van der Waals surface area contributed by atoms with Gasteiger partial charge in [-0.25, -0.2) is 0 Å². The molecule has 1 unspecified atom stereocenters. The Morgan fingerprint density at radius 3 is 2.85 bits per heavy atom. The number of aliphatic hydroxyl groups excluding tert-OH is 1. The molecule has 0 radical (unpaired) electrons. The number of aromatic nitrogens is 1. The Labute approximate surface area is 118 Å². The van der Waals surface area contributed by atoms with E-state index in [9.17, 15) is 9.90 Å². The molecule has 4 heteroatoms. The molecule has 4 nitrogen and oxygen atoms in total. The molecule has 3 rings (SSSR count). The Kier molecular flexibility index (Phi) is 3.26. The summed E-state index contributed by atoms with van der Waals surface area (Å²) in [5.41, 5.74) is 0.583. The lowest BCUT2D eigenvalue weighted by Gasteiger charge is -2.28. The largest absolute Gasteiger partial charge is 0.394 e. The topological polar surface area (TPSA) is 54.3 Å². The van der Waals surface area contributed by atoms with Gasteiger partial charge in [-0.3, -0.25) is 4.79 Å². The van der Waals surface area contributed by atoms with Crippen LogP contribution in [0.5, 0.6) is 0 Å². The summed E-state index contributed by atoms with van der Waals surface area (Å²) >= 11 is 0. The summed E-state index contributed by atoms with van der Waals surface area (Å²) in [6, 6.07) is 10.0. The molecule has 2 N–H and O–H groups in total. The van der Waals surface area contributed by atoms with Crippen molar-refractivity contribution < 1.29 is 9.90 Å². The van der Waals surface area contributed by atoms with E-state index in [1.165, 1.54) is 0 Å². The molecular formula is C16H20N2O2. The van der Waals surface area contributed by atoms with Crippen molar-refractivity contribution in [1.29, 1.82) is 0 Å². The number of amides is 1. The minimum absolute atomic E-state index is 0.00413. The minimum atomic E-state index is -0.472. The number of para-hydroxylation sites is 1. The lowest BCUT2D eigenvalue weighted by molar-refractivity contribution is -0.124. The maximum absolute atomic E-state index is 12.2. The summed E-state index contributed by atoms with van der Waals surface area (Å²) in [5.74, 6) is 0.368. The van der Waals surface area contributed by atoms with Crippen LogP contribution >= 0.6 is 0 Å². The Balaban J connectivity index is 1.72. The molecule has 20 heavy (non-hydrogen) atoms. The molecule has 0 bridgehead atoms. The third-order valence-corrected chi connectivity index (χ3v) is 4.23. The Morgan fingerprint density at radius 1 is 1.40 bits per heavy atom. The SMILES string of the molecule is CC(CO)(NC(=O)Cn1ccc2ccccc21)C1CC1. The molecule has 1 heterocycles. The number of carbonyl (C=O) groups excluding carboxylic acids is 1. The van der Waals surface area contributed by atoms with Crippen LogP contribution in [0.4, 0.5) is 0 Å². The summed E-state index contributed by atoms with van der Waals surface area (Å²) in [5, 5.41) is 13.7. The van der Waals surface area contributed by atoms with Crippen LogP contribution in [0.15, 0.2) is 36.5 Å². The van der Waals surface area contributed by atoms with Crippen LogP contribution < -0.4 is 5.32 Å². The molecule has 1 atom stereocenters. The molecule has 1 aromatic heterocycles. The Hall–Kier alpha value is -1.81. The van der Waals surface area contributed by atoms with Crippen molar-refractivity contribution in [3.8, 4) is 0 Å². The molecule has 0 aliphatic heterocycles. The number of carbonyl (C=O) groups is 1. The van der Waals surface area contributed by atoms with Gasteiger partial charge in [-0.05, 0) is 43.2 Å². The van der Waals surface area contributed by atoms with Crippen molar-refractivity contribution in [2.75, 3.05) is 6.61 Å². The second-order valence-corrected chi connectivity index (χ2v) is 5.90. The zero-order valence-corrected chi connectivity index (χ0v) is 11.7. The molecule has 1 aliphatic rings. The third-order valence-electron chi connectivity index (χ3n) is 4.23. The summed E-state index contributed by atoms with van der Waals surface area (Å²) in [6.45, 7) is 2.21. The predicted octanol–water partition coefficient (Wildman–Crippen LogP) is 1.92. The van der Waals surface area contributed by atoms with Crippen molar-refractivity contribution in [2.45, 2.75) is 31.8 Å². The van der Waals surface area contributed by atoms with Gasteiger partial charge in [0, 0.05) is 11.7 Å². The summed E-state index contributed by atoms with van der Waals surface area (Å²) in [6.07, 6.45) is 4.10. The molecule has 1 saturated carbocycles. The number of aliphatic hydroxyl groups is 1. The maximum atomic E-state index is 12.2. The van der Waals surface area contributed by atoms with Crippen LogP contribution in [0.2, 0.25) is 0 Å². The average molecular weight is 272 g/mol. The number of rotatable bonds is 5. The maximum Gasteiger partial charge on any atom is 0.240 e. The van der Waals surface area contributed by atoms with E-state index in [2.05, 4.69) is 5.32 Å². The predicted molar refractivity (Wildman–Crippen MR) is 78.3 cm³/mol. The number of fused-ring (bicyclic) bond motifs is 1. The van der Waals surface area contributed by atoms with E-state index in [-0.39, 0.29) is 19.1 Å². The molecule has 1 aliphatic carbocycles. The summed E-state index contributed by atoms with van der Waals surface area (Å²) in [4.78, 5) is 12.2. The Morgan fingerprint density at radius 2 is 2.15 bits per heavy atom. The Bertz CT molecular complexity index is 630. The van der Waals surface area contributed by atoms with E-state index in [0.29, 0.717) is 5.92 Å². The van der Waals surface area contributed by atoms with E-state index in [4.69, 9.17) is 0 Å². The number of nitrogens with one attached hydrogen (secondary N) is 1. The number of hydrogen-bond donors (Lipinski definition) is 2. The van der Waals surface area contributed by atoms with Gasteiger partial charge in [0.05, 0.1) is 12.1 Å². The van der Waals surface area contributed by atoms with Crippen LogP contribution in [0.3, 0.4) is 0 Å². The second kappa shape index (κ2) is 4.94. The molecule has 0 saturated heterocycles. The molecule has 2 aromatic rings. The van der Waals surface area contributed by atoms with Gasteiger partial charge in [0.25, 0.3) is 0 Å². The summed E-state index contributed by atoms with van der Waals surface area (Å²) in [7, 11) is 0. The van der Waals surface area contributed by atoms with Gasteiger partial charge < -0.3 is 15.0 Å². The first-order valence-corrected chi connectivity index (χ1v) is 7.08. The highest BCUT2D eigenvalue weighted by Gasteiger charge is 2.42. The van der Waals surface area contributed by atoms with E-state index in [1.807, 2.05) is 48.0 Å². The van der Waals surface area contributed by atoms with E-state index in [0.717, 1.165) is 23.7 Å². The van der Waals surface area contributed by atoms with Crippen molar-refractivity contribution in [3.63, 3.8) is 0 Å². The zero-order valence-electron chi connectivity index (χ0n) is 11.7. The third kappa shape index (κ3) is 2.43. The molecular weight excluding hydrogens is 252 g/mol. The van der Waals surface area contributed by atoms with Crippen LogP contribution in [0.1, 0.15) is 19.8 Å². The molecule has 106 valence electrons. The van der Waals surface area contributed by atoms with E-state index < -0.39 is 5.54 Å². The van der Waals surface area contributed by atoms with Crippen LogP contribution in [0.25, 0.3) is 10.9 Å². The van der Waals surface area contributed by atoms with Crippen molar-refractivity contribution in [2.24, 2.45) is 5.92 Å². The number of nitrogens with zero attached hydrogens (tertiary/aromatic N) is 1. The fourth-order valence-electron chi connectivity index (χ4n) is 2.78. The van der Waals surface area contributed by atoms with Gasteiger partial charge in [-0.15, -0.1) is 0 Å². The van der Waals surface area contributed by atoms with Crippen LogP contribution in [0, 0.1) is 5.92 Å². The first kappa shape index (κ1) is 13.2. The lowest BCUT2D eigenvalue weighted by atomic mass is 9.97. The van der Waals surface area contributed by atoms with Crippen molar-refractivity contribution >= 4 is 16.8 Å². The van der Waals surface area contributed by atoms with Crippen molar-refractivity contribution in [1.82, 2.24) is 9.88 Å². The minimum Gasteiger partial charge on any atom is -0.394 e. The van der Waals surface area contributed by atoms with Crippen LogP contribution in [-0.2, 0) is 11.3 Å². The smallest absolute Gasteiger partial charge is 0.240 e.